The minimum absolute atomic E-state index is 0.645. The highest BCUT2D eigenvalue weighted by Gasteiger charge is 2.06. The van der Waals surface area contributed by atoms with Crippen LogP contribution < -0.4 is 5.32 Å². The Labute approximate surface area is 125 Å². The number of rotatable bonds is 3. The van der Waals surface area contributed by atoms with Crippen LogP contribution in [0.3, 0.4) is 0 Å². The van der Waals surface area contributed by atoms with E-state index < -0.39 is 0 Å². The van der Waals surface area contributed by atoms with Crippen LogP contribution >= 0.6 is 47.8 Å². The molecule has 0 saturated carbocycles. The normalized spacial score (nSPS) is 10.6. The predicted octanol–water partition coefficient (Wildman–Crippen LogP) is 5.49. The van der Waals surface area contributed by atoms with Crippen LogP contribution in [-0.2, 0) is 6.54 Å². The van der Waals surface area contributed by atoms with Gasteiger partial charge in [0.05, 0.1) is 11.0 Å². The van der Waals surface area contributed by atoms with Gasteiger partial charge in [-0.1, -0.05) is 6.07 Å². The monoisotopic (exact) mass is 421 g/mol. The third-order valence-corrected chi connectivity index (χ3v) is 4.64. The molecule has 0 radical (unpaired) electrons. The lowest BCUT2D eigenvalue weighted by Gasteiger charge is -2.07. The molecule has 5 heteroatoms. The van der Waals surface area contributed by atoms with Crippen LogP contribution in [-0.4, -0.2) is 0 Å². The third-order valence-electron chi connectivity index (χ3n) is 2.27. The molecule has 2 rings (SSSR count). The number of aryl methyl sites for hydroxylation is 1. The lowest BCUT2D eigenvalue weighted by molar-refractivity contribution is 0.494. The van der Waals surface area contributed by atoms with Crippen molar-refractivity contribution in [1.29, 1.82) is 0 Å². The number of halogens is 3. The standard InChI is InChI=1S/C12H10Br3NO/c1-7-2-3-11(9(13)4-7)16-6-8-5-10(14)12(15)17-8/h2-5,16H,6H2,1H3. The molecule has 90 valence electrons. The van der Waals surface area contributed by atoms with E-state index in [1.165, 1.54) is 5.56 Å². The van der Waals surface area contributed by atoms with E-state index in [0.29, 0.717) is 6.54 Å². The fourth-order valence-corrected chi connectivity index (χ4v) is 2.72. The van der Waals surface area contributed by atoms with Crippen molar-refractivity contribution in [2.75, 3.05) is 5.32 Å². The Bertz CT molecular complexity index is 517. The first-order valence-electron chi connectivity index (χ1n) is 5.00. The van der Waals surface area contributed by atoms with Crippen LogP contribution in [0.1, 0.15) is 11.3 Å². The van der Waals surface area contributed by atoms with E-state index in [1.54, 1.807) is 0 Å². The van der Waals surface area contributed by atoms with Gasteiger partial charge in [0, 0.05) is 10.2 Å². The molecule has 1 heterocycles. The maximum atomic E-state index is 5.49. The fourth-order valence-electron chi connectivity index (χ4n) is 1.42. The molecule has 2 nitrogen and oxygen atoms in total. The zero-order chi connectivity index (χ0) is 12.4. The lowest BCUT2D eigenvalue weighted by atomic mass is 10.2. The van der Waals surface area contributed by atoms with E-state index in [-0.39, 0.29) is 0 Å². The first-order valence-corrected chi connectivity index (χ1v) is 7.38. The molecule has 0 atom stereocenters. The van der Waals surface area contributed by atoms with Crippen molar-refractivity contribution in [3.63, 3.8) is 0 Å². The molecule has 0 aliphatic carbocycles. The Morgan fingerprint density at radius 1 is 1.12 bits per heavy atom. The highest BCUT2D eigenvalue weighted by molar-refractivity contribution is 9.13. The molecule has 17 heavy (non-hydrogen) atoms. The Kier molecular flexibility index (Phi) is 4.33. The molecule has 1 aromatic heterocycles. The van der Waals surface area contributed by atoms with Crippen molar-refractivity contribution >= 4 is 53.5 Å². The van der Waals surface area contributed by atoms with Crippen LogP contribution in [0.4, 0.5) is 5.69 Å². The van der Waals surface area contributed by atoms with Crippen LogP contribution in [0.5, 0.6) is 0 Å². The van der Waals surface area contributed by atoms with Crippen LogP contribution in [0.15, 0.2) is 42.3 Å². The van der Waals surface area contributed by atoms with Crippen LogP contribution in [0.25, 0.3) is 0 Å². The van der Waals surface area contributed by atoms with Gasteiger partial charge >= 0.3 is 0 Å². The second-order valence-corrected chi connectivity index (χ2v) is 6.10. The van der Waals surface area contributed by atoms with Crippen molar-refractivity contribution < 1.29 is 4.42 Å². The predicted molar refractivity (Wildman–Crippen MR) is 80.3 cm³/mol. The maximum Gasteiger partial charge on any atom is 0.183 e. The maximum absolute atomic E-state index is 5.49. The summed E-state index contributed by atoms with van der Waals surface area (Å²) in [6, 6.07) is 8.14. The highest BCUT2D eigenvalue weighted by atomic mass is 79.9. The van der Waals surface area contributed by atoms with Gasteiger partial charge in [0.1, 0.15) is 5.76 Å². The summed E-state index contributed by atoms with van der Waals surface area (Å²) in [5.74, 6) is 0.872. The zero-order valence-corrected chi connectivity index (χ0v) is 13.8. The van der Waals surface area contributed by atoms with Crippen LogP contribution in [0.2, 0.25) is 0 Å². The molecule has 1 N–H and O–H groups in total. The molecule has 0 unspecified atom stereocenters. The van der Waals surface area contributed by atoms with Crippen LogP contribution in [0, 0.1) is 6.92 Å². The van der Waals surface area contributed by atoms with Gasteiger partial charge in [-0.05, 0) is 78.5 Å². The number of nitrogens with one attached hydrogen (secondary N) is 1. The largest absolute Gasteiger partial charge is 0.451 e. The van der Waals surface area contributed by atoms with Crippen molar-refractivity contribution in [2.24, 2.45) is 0 Å². The molecular weight excluding hydrogens is 414 g/mol. The van der Waals surface area contributed by atoms with Gasteiger partial charge in [0.25, 0.3) is 0 Å². The molecule has 1 aromatic carbocycles. The molecule has 0 amide bonds. The van der Waals surface area contributed by atoms with Gasteiger partial charge in [0.15, 0.2) is 4.67 Å². The number of benzene rings is 1. The van der Waals surface area contributed by atoms with E-state index in [1.807, 2.05) is 12.1 Å². The molecule has 0 aliphatic rings. The van der Waals surface area contributed by atoms with Gasteiger partial charge < -0.3 is 9.73 Å². The number of furan rings is 1. The first-order chi connectivity index (χ1) is 8.06. The number of anilines is 1. The van der Waals surface area contributed by atoms with E-state index in [0.717, 1.165) is 25.1 Å². The van der Waals surface area contributed by atoms with Crippen molar-refractivity contribution in [2.45, 2.75) is 13.5 Å². The molecular formula is C12H10Br3NO. The fraction of sp³-hybridized carbons (Fsp3) is 0.167. The summed E-state index contributed by atoms with van der Waals surface area (Å²) in [6.45, 7) is 2.71. The topological polar surface area (TPSA) is 25.2 Å². The molecule has 0 spiro atoms. The number of hydrogen-bond acceptors (Lipinski definition) is 2. The minimum Gasteiger partial charge on any atom is -0.451 e. The van der Waals surface area contributed by atoms with Crippen molar-refractivity contribution in [3.05, 3.63) is 49.2 Å². The summed E-state index contributed by atoms with van der Waals surface area (Å²) in [6.07, 6.45) is 0. The molecule has 2 aromatic rings. The summed E-state index contributed by atoms with van der Waals surface area (Å²) < 4.78 is 8.20. The van der Waals surface area contributed by atoms with E-state index in [4.69, 9.17) is 4.42 Å². The summed E-state index contributed by atoms with van der Waals surface area (Å²) in [7, 11) is 0. The van der Waals surface area contributed by atoms with E-state index in [2.05, 4.69) is 72.2 Å². The average Bonchev–Trinajstić information content (AvgIpc) is 2.57. The van der Waals surface area contributed by atoms with Gasteiger partial charge in [0.2, 0.25) is 0 Å². The quantitative estimate of drug-likeness (QED) is 0.706. The highest BCUT2D eigenvalue weighted by Crippen LogP contribution is 2.28. The zero-order valence-electron chi connectivity index (χ0n) is 9.06. The molecule has 0 aliphatic heterocycles. The van der Waals surface area contributed by atoms with Gasteiger partial charge in [-0.3, -0.25) is 0 Å². The van der Waals surface area contributed by atoms with Crippen molar-refractivity contribution in [1.82, 2.24) is 0 Å². The van der Waals surface area contributed by atoms with Gasteiger partial charge in [-0.25, -0.2) is 0 Å². The second-order valence-electron chi connectivity index (χ2n) is 3.67. The SMILES string of the molecule is Cc1ccc(NCc2cc(Br)c(Br)o2)c(Br)c1. The Morgan fingerprint density at radius 3 is 2.47 bits per heavy atom. The van der Waals surface area contributed by atoms with Crippen molar-refractivity contribution in [3.8, 4) is 0 Å². The van der Waals surface area contributed by atoms with E-state index in [9.17, 15) is 0 Å². The first kappa shape index (κ1) is 13.2. The summed E-state index contributed by atoms with van der Waals surface area (Å²) >= 11 is 10.2. The molecule has 0 bridgehead atoms. The van der Waals surface area contributed by atoms with Gasteiger partial charge in [-0.2, -0.15) is 0 Å². The Hall–Kier alpha value is -0.260. The lowest BCUT2D eigenvalue weighted by Crippen LogP contribution is -1.98. The molecule has 0 fully saturated rings. The van der Waals surface area contributed by atoms with E-state index >= 15 is 0 Å². The third kappa shape index (κ3) is 3.36. The average molecular weight is 424 g/mol. The number of hydrogen-bond donors (Lipinski definition) is 1. The minimum atomic E-state index is 0.645. The summed E-state index contributed by atoms with van der Waals surface area (Å²) in [5, 5.41) is 3.31. The Balaban J connectivity index is 2.07. The second kappa shape index (κ2) is 5.59. The van der Waals surface area contributed by atoms with Gasteiger partial charge in [-0.15, -0.1) is 0 Å². The summed E-state index contributed by atoms with van der Waals surface area (Å²) in [4.78, 5) is 0. The summed E-state index contributed by atoms with van der Waals surface area (Å²) in [5.41, 5.74) is 2.28. The molecule has 0 saturated heterocycles. The smallest absolute Gasteiger partial charge is 0.183 e. The Morgan fingerprint density at radius 2 is 1.88 bits per heavy atom.